The maximum atomic E-state index is 6.99. The molecule has 0 fully saturated rings. The molecule has 0 N–H and O–H groups in total. The lowest BCUT2D eigenvalue weighted by molar-refractivity contribution is 0.217. The Bertz CT molecular complexity index is 3740. The van der Waals surface area contributed by atoms with Crippen LogP contribution >= 0.6 is 0 Å². The zero-order valence-corrected chi connectivity index (χ0v) is 33.8. The normalized spacial score (nSPS) is 18.5. The minimum Gasteiger partial charge on any atom is -0.364 e. The summed E-state index contributed by atoms with van der Waals surface area (Å²) < 4.78 is 18.2. The van der Waals surface area contributed by atoms with Crippen molar-refractivity contribution in [2.75, 3.05) is 14.2 Å². The number of aromatic nitrogens is 2. The largest absolute Gasteiger partial charge is 0.602 e. The maximum Gasteiger partial charge on any atom is 0.602 e. The predicted molar refractivity (Wildman–Crippen MR) is 245 cm³/mol. The molecule has 286 valence electrons. The highest BCUT2D eigenvalue weighted by atomic mass is 28.4. The minimum atomic E-state index is -4.08. The van der Waals surface area contributed by atoms with Gasteiger partial charge in [0.15, 0.2) is 23.3 Å². The second kappa shape index (κ2) is 11.7. The summed E-state index contributed by atoms with van der Waals surface area (Å²) in [7, 11) is -0.671. The van der Waals surface area contributed by atoms with Gasteiger partial charge < -0.3 is 8.85 Å². The van der Waals surface area contributed by atoms with E-state index in [0.29, 0.717) is 46.0 Å². The first-order valence-corrected chi connectivity index (χ1v) is 21.9. The molecule has 6 heterocycles. The summed E-state index contributed by atoms with van der Waals surface area (Å²) in [5.74, 6) is 3.41. The average Bonchev–Trinajstić information content (AvgIpc) is 3.99. The molecular weight excluding hydrogens is 773 g/mol. The van der Waals surface area contributed by atoms with Crippen molar-refractivity contribution in [2.24, 2.45) is 30.0 Å². The van der Waals surface area contributed by atoms with Crippen molar-refractivity contribution in [2.45, 2.75) is 0 Å². The maximum absolute atomic E-state index is 6.99. The van der Waals surface area contributed by atoms with Crippen molar-refractivity contribution in [3.63, 3.8) is 0 Å². The van der Waals surface area contributed by atoms with Gasteiger partial charge in [0.1, 0.15) is 22.6 Å². The third-order valence-corrected chi connectivity index (χ3v) is 15.7. The Kier molecular flexibility index (Phi) is 6.38. The Labute approximate surface area is 347 Å². The van der Waals surface area contributed by atoms with Crippen molar-refractivity contribution < 1.29 is 8.85 Å². The van der Waals surface area contributed by atoms with Crippen LogP contribution in [0, 0.1) is 0 Å². The Balaban J connectivity index is 1.27. The van der Waals surface area contributed by atoms with E-state index < -0.39 is 8.88 Å². The Hall–Kier alpha value is -7.70. The number of rotatable bonds is 2. The second-order valence-electron chi connectivity index (χ2n) is 15.9. The van der Waals surface area contributed by atoms with Gasteiger partial charge in [0.05, 0.1) is 0 Å². The Morgan fingerprint density at radius 2 is 0.639 bits per heavy atom. The summed E-state index contributed by atoms with van der Waals surface area (Å²) in [5, 5.41) is 12.1. The summed E-state index contributed by atoms with van der Waals surface area (Å²) in [4.78, 5) is 33.0. The van der Waals surface area contributed by atoms with Crippen LogP contribution in [-0.2, 0) is 8.85 Å². The van der Waals surface area contributed by atoms with Crippen LogP contribution in [0.4, 0.5) is 11.6 Å². The number of amidine groups is 4. The van der Waals surface area contributed by atoms with Crippen LogP contribution in [0.3, 0.4) is 0 Å². The number of nitrogens with zero attached hydrogens (tertiary/aromatic N) is 8. The lowest BCUT2D eigenvalue weighted by Crippen LogP contribution is -2.62. The van der Waals surface area contributed by atoms with E-state index >= 15 is 0 Å². The molecule has 0 spiro atoms. The molecular formula is C50H30N8O2Si. The van der Waals surface area contributed by atoms with Crippen LogP contribution in [0.25, 0.3) is 64.6 Å². The number of hydrogen-bond acceptors (Lipinski definition) is 8. The fraction of sp³-hybridized carbons (Fsp3) is 0.0400. The average molecular weight is 803 g/mol. The highest BCUT2D eigenvalue weighted by molar-refractivity contribution is 6.66. The van der Waals surface area contributed by atoms with E-state index in [1.807, 2.05) is 0 Å². The van der Waals surface area contributed by atoms with Crippen molar-refractivity contribution in [1.82, 2.24) is 8.47 Å². The predicted octanol–water partition coefficient (Wildman–Crippen LogP) is 9.28. The van der Waals surface area contributed by atoms with Crippen LogP contribution in [0.2, 0.25) is 0 Å². The fourth-order valence-electron chi connectivity index (χ4n) is 9.83. The first-order valence-electron chi connectivity index (χ1n) is 20.2. The number of benzene rings is 8. The Morgan fingerprint density at radius 1 is 0.344 bits per heavy atom. The van der Waals surface area contributed by atoms with Crippen molar-refractivity contribution in [3.05, 3.63) is 179 Å². The fourth-order valence-corrected chi connectivity index (χ4v) is 12.7. The molecule has 0 amide bonds. The van der Waals surface area contributed by atoms with Crippen molar-refractivity contribution >= 4 is 108 Å². The molecule has 10 aromatic rings. The molecule has 0 radical (unpaired) electrons. The molecule has 4 aliphatic rings. The van der Waals surface area contributed by atoms with Gasteiger partial charge in [-0.25, -0.2) is 30.0 Å². The van der Waals surface area contributed by atoms with Gasteiger partial charge in [0, 0.05) is 58.0 Å². The molecule has 2 aromatic heterocycles. The molecule has 14 rings (SSSR count). The van der Waals surface area contributed by atoms with E-state index in [0.717, 1.165) is 86.9 Å². The third-order valence-electron chi connectivity index (χ3n) is 12.7. The van der Waals surface area contributed by atoms with Crippen molar-refractivity contribution in [3.8, 4) is 0 Å². The summed E-state index contributed by atoms with van der Waals surface area (Å²) in [5.41, 5.74) is 4.79. The lowest BCUT2D eigenvalue weighted by atomic mass is 10.0. The van der Waals surface area contributed by atoms with Crippen LogP contribution in [-0.4, -0.2) is 54.9 Å². The molecule has 0 saturated carbocycles. The first-order chi connectivity index (χ1) is 30.1. The van der Waals surface area contributed by atoms with Gasteiger partial charge in [-0.15, -0.1) is 0 Å². The van der Waals surface area contributed by atoms with Crippen LogP contribution < -0.4 is 11.0 Å². The van der Waals surface area contributed by atoms with E-state index in [2.05, 4.69) is 154 Å². The van der Waals surface area contributed by atoms with Gasteiger partial charge >= 0.3 is 8.88 Å². The van der Waals surface area contributed by atoms with E-state index in [9.17, 15) is 0 Å². The van der Waals surface area contributed by atoms with Gasteiger partial charge in [0.25, 0.3) is 0 Å². The second-order valence-corrected chi connectivity index (χ2v) is 18.7. The van der Waals surface area contributed by atoms with E-state index in [4.69, 9.17) is 38.8 Å². The molecule has 61 heavy (non-hydrogen) atoms. The lowest BCUT2D eigenvalue weighted by Gasteiger charge is -2.30. The molecule has 10 nitrogen and oxygen atoms in total. The standard InChI is InChI=1S/C50H30N8O2Si/c1-59-61(60-2)57-47-39-23-31-15-7-8-16-32(31)24-40(39)49(57)55-45-37-21-29-13-5-6-14-30(29)22-38(37)46(52-45)56-50-42-26-34-18-10-9-17-33(34)25-41(42)48(58(50)61)54-44-36-20-28-12-4-3-11-27(28)19-35(36)43(51-44)53-47/h3-26H,1-2H3/b53-43-,53-47?,54-44?,54-48-,55-45-,55-49?,56-46?,56-50-. The van der Waals surface area contributed by atoms with E-state index in [1.165, 1.54) is 0 Å². The summed E-state index contributed by atoms with van der Waals surface area (Å²) >= 11 is 0. The molecule has 11 heteroatoms. The molecule has 8 aromatic carbocycles. The molecule has 0 unspecified atom stereocenters. The quantitative estimate of drug-likeness (QED) is 0.163. The zero-order chi connectivity index (χ0) is 40.1. The molecule has 0 aliphatic carbocycles. The summed E-state index contributed by atoms with van der Waals surface area (Å²) in [6, 6.07) is 50.9. The summed E-state index contributed by atoms with van der Waals surface area (Å²) in [6.45, 7) is 0. The number of fused-ring (bicyclic) bond motifs is 18. The Morgan fingerprint density at radius 3 is 0.967 bits per heavy atom. The van der Waals surface area contributed by atoms with Gasteiger partial charge in [-0.05, 0) is 91.6 Å². The van der Waals surface area contributed by atoms with Gasteiger partial charge in [-0.2, -0.15) is 0 Å². The van der Waals surface area contributed by atoms with Crippen molar-refractivity contribution in [1.29, 1.82) is 0 Å². The molecule has 6 bridgehead atoms. The third kappa shape index (κ3) is 4.35. The molecule has 0 atom stereocenters. The van der Waals surface area contributed by atoms with E-state index in [1.54, 1.807) is 14.2 Å². The number of hydrogen-bond donors (Lipinski definition) is 0. The van der Waals surface area contributed by atoms with Crippen LogP contribution in [0.15, 0.2) is 176 Å². The van der Waals surface area contributed by atoms with Gasteiger partial charge in [-0.1, -0.05) is 97.1 Å². The van der Waals surface area contributed by atoms with Crippen LogP contribution in [0.5, 0.6) is 0 Å². The topological polar surface area (TPSA) is 102 Å². The SMILES string of the molecule is CO[Si]1(OC)n2c3c4cc5ccccc5cc4c2/N=C2N=C(/N=c4/c5cc6ccccc6cc5/c(n41)=N/C1=NC(=N\3)/c3cc4ccccc4cc31)c1cc3ccccc3cc1\2. The number of aliphatic imine (C=N–C) groups is 4. The van der Waals surface area contributed by atoms with E-state index in [-0.39, 0.29) is 0 Å². The first kappa shape index (κ1) is 33.2. The summed E-state index contributed by atoms with van der Waals surface area (Å²) in [6.07, 6.45) is 0. The van der Waals surface area contributed by atoms with Gasteiger partial charge in [0.2, 0.25) is 0 Å². The monoisotopic (exact) mass is 802 g/mol. The molecule has 0 saturated heterocycles. The molecule has 4 aliphatic heterocycles. The smallest absolute Gasteiger partial charge is 0.364 e. The minimum absolute atomic E-state index is 0.548. The van der Waals surface area contributed by atoms with Gasteiger partial charge in [-0.3, -0.25) is 8.47 Å². The highest BCUT2D eigenvalue weighted by Crippen LogP contribution is 2.45. The van der Waals surface area contributed by atoms with Crippen LogP contribution in [0.1, 0.15) is 22.3 Å². The highest BCUT2D eigenvalue weighted by Gasteiger charge is 2.51. The zero-order valence-electron chi connectivity index (χ0n) is 32.8.